The fraction of sp³-hybridized carbons (Fsp3) is 0.0857. The summed E-state index contributed by atoms with van der Waals surface area (Å²) >= 11 is 0. The maximum atomic E-state index is 14.2. The van der Waals surface area contributed by atoms with E-state index < -0.39 is 40.7 Å². The molecule has 17 heteroatoms. The smallest absolute Gasteiger partial charge is 0.210 e. The molecule has 87 heavy (non-hydrogen) atoms. The van der Waals surface area contributed by atoms with E-state index in [-0.39, 0.29) is 40.9 Å². The molecule has 0 heterocycles. The first kappa shape index (κ1) is 60.0. The summed E-state index contributed by atoms with van der Waals surface area (Å²) in [5.41, 5.74) is -0.914. The molecule has 0 aliphatic heterocycles. The molecule has 2 N–H and O–H groups in total. The lowest BCUT2D eigenvalue weighted by Crippen LogP contribution is -2.14. The van der Waals surface area contributed by atoms with Gasteiger partial charge in [-0.1, -0.05) is 54.0 Å². The Morgan fingerprint density at radius 3 is 0.943 bits per heavy atom. The maximum Gasteiger partial charge on any atom is 0.210 e. The third-order valence-corrected chi connectivity index (χ3v) is 17.9. The van der Waals surface area contributed by atoms with Crippen molar-refractivity contribution in [1.82, 2.24) is 0 Å². The third kappa shape index (κ3) is 15.6. The van der Waals surface area contributed by atoms with Gasteiger partial charge in [0.2, 0.25) is 29.5 Å². The van der Waals surface area contributed by atoms with Gasteiger partial charge in [-0.15, -0.1) is 0 Å². The summed E-state index contributed by atoms with van der Waals surface area (Å²) in [6.07, 6.45) is 0. The summed E-state index contributed by atoms with van der Waals surface area (Å²) in [4.78, 5) is 0.129. The average Bonchev–Trinajstić information content (AvgIpc) is 2.43. The number of aliphatic hydroxyl groups is 2. The molecule has 14 nitrogen and oxygen atoms in total. The number of hydrogen-bond donors (Lipinski definition) is 2. The molecule has 0 bridgehead atoms. The lowest BCUT2D eigenvalue weighted by atomic mass is 10.1. The zero-order chi connectivity index (χ0) is 61.4. The van der Waals surface area contributed by atoms with E-state index in [2.05, 4.69) is 23.7 Å². The Kier molecular flexibility index (Phi) is 17.4. The minimum atomic E-state index is -4.13. The largest absolute Gasteiger partial charge is 0.457 e. The van der Waals surface area contributed by atoms with Gasteiger partial charge in [-0.3, -0.25) is 0 Å². The van der Waals surface area contributed by atoms with E-state index in [4.69, 9.17) is 28.4 Å². The van der Waals surface area contributed by atoms with E-state index in [1.54, 1.807) is 179 Å². The minimum absolute atomic E-state index is 0.0182. The first-order chi connectivity index (χ1) is 41.5. The van der Waals surface area contributed by atoms with Crippen LogP contribution >= 0.6 is 0 Å². The molecular formula is C70H54O14S3. The van der Waals surface area contributed by atoms with E-state index in [1.807, 2.05) is 0 Å². The van der Waals surface area contributed by atoms with E-state index in [0.717, 1.165) is 0 Å². The maximum absolute atomic E-state index is 14.2. The van der Waals surface area contributed by atoms with Gasteiger partial charge in [0.05, 0.1) is 24.5 Å². The van der Waals surface area contributed by atoms with Crippen LogP contribution in [0.15, 0.2) is 272 Å². The van der Waals surface area contributed by atoms with Gasteiger partial charge >= 0.3 is 0 Å². The summed E-state index contributed by atoms with van der Waals surface area (Å²) in [6, 6.07) is 63.5. The fourth-order valence-electron chi connectivity index (χ4n) is 8.29. The van der Waals surface area contributed by atoms with Gasteiger partial charge in [0.25, 0.3) is 0 Å². The molecule has 10 rings (SSSR count). The van der Waals surface area contributed by atoms with Gasteiger partial charge in [0.15, 0.2) is 0 Å². The number of sulfone groups is 3. The van der Waals surface area contributed by atoms with Gasteiger partial charge in [-0.2, -0.15) is 0 Å². The molecule has 0 aliphatic carbocycles. The standard InChI is InChI=1S/C70H54O14S3/c1-69(2,71)44-42-49-18-20-51(21-19-49)79-52-22-32-62(33-23-52)85(73,74)64-38-28-55(29-39-64)83-60-14-9-15-61(48-60)84-67-16-5-6-17-68(67)87(77,78)66-40-30-56(31-41-66)82-59-13-8-12-58(47-59)81-54-26-36-65(37-27-54)86(75,76)63-34-24-53(25-35-63)80-57-11-7-10-50(46-57)43-45-70(3,4)72/h5-41,46-48,71-72H,1-4H3. The fourth-order valence-corrected chi connectivity index (χ4v) is 12.2. The Bertz CT molecular complexity index is 4590. The molecule has 0 unspecified atom stereocenters. The monoisotopic (exact) mass is 1210 g/mol. The molecule has 0 saturated heterocycles. The highest BCUT2D eigenvalue weighted by Gasteiger charge is 2.24. The Hall–Kier alpha value is -10.1. The van der Waals surface area contributed by atoms with Crippen LogP contribution in [0.1, 0.15) is 38.8 Å². The summed E-state index contributed by atoms with van der Waals surface area (Å²) in [5, 5.41) is 19.8. The van der Waals surface area contributed by atoms with Crippen LogP contribution in [0.5, 0.6) is 69.0 Å². The van der Waals surface area contributed by atoms with Gasteiger partial charge in [-0.05, 0) is 228 Å². The summed E-state index contributed by atoms with van der Waals surface area (Å²) in [6.45, 7) is 6.39. The number of ether oxygens (including phenoxy) is 6. The van der Waals surface area contributed by atoms with Crippen LogP contribution in [-0.4, -0.2) is 46.7 Å². The zero-order valence-electron chi connectivity index (χ0n) is 47.1. The van der Waals surface area contributed by atoms with Crippen molar-refractivity contribution in [3.63, 3.8) is 0 Å². The molecule has 0 atom stereocenters. The van der Waals surface area contributed by atoms with E-state index in [9.17, 15) is 35.5 Å². The Balaban J connectivity index is 0.727. The van der Waals surface area contributed by atoms with E-state index in [0.29, 0.717) is 68.6 Å². The van der Waals surface area contributed by atoms with Crippen LogP contribution in [0.2, 0.25) is 0 Å². The van der Waals surface area contributed by atoms with Crippen LogP contribution in [0.25, 0.3) is 0 Å². The van der Waals surface area contributed by atoms with Crippen molar-refractivity contribution in [2.75, 3.05) is 0 Å². The topological polar surface area (TPSA) is 198 Å². The number of benzene rings is 10. The molecule has 436 valence electrons. The lowest BCUT2D eigenvalue weighted by molar-refractivity contribution is 0.143. The van der Waals surface area contributed by atoms with Gasteiger partial charge in [0, 0.05) is 23.3 Å². The first-order valence-corrected chi connectivity index (χ1v) is 31.3. The number of rotatable bonds is 18. The second-order valence-electron chi connectivity index (χ2n) is 20.5. The predicted molar refractivity (Wildman–Crippen MR) is 328 cm³/mol. The van der Waals surface area contributed by atoms with E-state index in [1.165, 1.54) is 91.0 Å². The minimum Gasteiger partial charge on any atom is -0.457 e. The van der Waals surface area contributed by atoms with Crippen molar-refractivity contribution >= 4 is 29.5 Å². The van der Waals surface area contributed by atoms with Crippen molar-refractivity contribution in [3.8, 4) is 92.7 Å². The van der Waals surface area contributed by atoms with Crippen LogP contribution in [-0.2, 0) is 29.5 Å². The van der Waals surface area contributed by atoms with Gasteiger partial charge in [-0.25, -0.2) is 25.3 Å². The van der Waals surface area contributed by atoms with Crippen molar-refractivity contribution < 1.29 is 63.9 Å². The number of para-hydroxylation sites is 1. The van der Waals surface area contributed by atoms with Crippen LogP contribution < -0.4 is 28.4 Å². The highest BCUT2D eigenvalue weighted by molar-refractivity contribution is 7.92. The molecule has 0 amide bonds. The quantitative estimate of drug-likeness (QED) is 0.0769. The summed E-state index contributed by atoms with van der Waals surface area (Å²) in [5.74, 6) is 15.7. The van der Waals surface area contributed by atoms with Crippen LogP contribution in [0, 0.1) is 23.7 Å². The van der Waals surface area contributed by atoms with Gasteiger partial charge < -0.3 is 38.6 Å². The van der Waals surface area contributed by atoms with Crippen LogP contribution in [0.3, 0.4) is 0 Å². The second-order valence-corrected chi connectivity index (χ2v) is 26.4. The summed E-state index contributed by atoms with van der Waals surface area (Å²) < 4.78 is 119. The highest BCUT2D eigenvalue weighted by Crippen LogP contribution is 2.37. The molecular weight excluding hydrogens is 1160 g/mol. The molecule has 0 aromatic heterocycles. The van der Waals surface area contributed by atoms with Gasteiger partial charge in [0.1, 0.15) is 85.1 Å². The molecule has 10 aromatic carbocycles. The molecule has 0 radical (unpaired) electrons. The SMILES string of the molecule is CC(C)(O)C#Cc1ccc(Oc2ccc(S(=O)(=O)c3ccc(Oc4cccc(Oc5ccccc5S(=O)(=O)c5ccc(Oc6cccc(Oc7ccc(S(=O)(=O)c8ccc(Oc9cccc(C#CC(C)(C)O)c9)cc8)cc7)c6)cc5)c4)cc3)cc2)cc1. The molecule has 0 spiro atoms. The first-order valence-electron chi connectivity index (χ1n) is 26.8. The zero-order valence-corrected chi connectivity index (χ0v) is 49.6. The Morgan fingerprint density at radius 1 is 0.287 bits per heavy atom. The van der Waals surface area contributed by atoms with E-state index >= 15 is 0 Å². The highest BCUT2D eigenvalue weighted by atomic mass is 32.2. The van der Waals surface area contributed by atoms with Crippen LogP contribution in [0.4, 0.5) is 0 Å². The van der Waals surface area contributed by atoms with Crippen molar-refractivity contribution in [1.29, 1.82) is 0 Å². The Labute approximate surface area is 505 Å². The normalized spacial score (nSPS) is 11.7. The van der Waals surface area contributed by atoms with Crippen molar-refractivity contribution in [2.45, 2.75) is 68.3 Å². The Morgan fingerprint density at radius 2 is 0.575 bits per heavy atom. The van der Waals surface area contributed by atoms with Crippen molar-refractivity contribution in [3.05, 3.63) is 254 Å². The molecule has 0 fully saturated rings. The molecule has 10 aromatic rings. The average molecular weight is 1220 g/mol. The number of hydrogen-bond acceptors (Lipinski definition) is 14. The summed E-state index contributed by atoms with van der Waals surface area (Å²) in [7, 11) is -11.9. The molecule has 0 aliphatic rings. The van der Waals surface area contributed by atoms with Crippen molar-refractivity contribution in [2.24, 2.45) is 0 Å². The third-order valence-electron chi connectivity index (χ3n) is 12.5. The second kappa shape index (κ2) is 25.2. The predicted octanol–water partition coefficient (Wildman–Crippen LogP) is 15.2. The lowest BCUT2D eigenvalue weighted by Gasteiger charge is -2.14. The molecule has 0 saturated carbocycles.